The molecule has 0 bridgehead atoms. The molecule has 1 aromatic rings. The van der Waals surface area contributed by atoms with Gasteiger partial charge in [0.2, 0.25) is 5.91 Å². The number of imide groups is 1. The van der Waals surface area contributed by atoms with Crippen molar-refractivity contribution in [3.05, 3.63) is 30.3 Å². The fourth-order valence-corrected chi connectivity index (χ4v) is 2.06. The molecule has 0 saturated carbocycles. The minimum atomic E-state index is -0.325. The summed E-state index contributed by atoms with van der Waals surface area (Å²) in [6.45, 7) is 2.49. The second-order valence-electron chi connectivity index (χ2n) is 4.18. The third-order valence-electron chi connectivity index (χ3n) is 2.92. The quantitative estimate of drug-likeness (QED) is 0.868. The van der Waals surface area contributed by atoms with Crippen LogP contribution in [0.3, 0.4) is 0 Å². The molecule has 2 rings (SSSR count). The molecular formula is C13H16N2O2. The molecule has 1 atom stereocenters. The van der Waals surface area contributed by atoms with Gasteiger partial charge in [-0.2, -0.15) is 0 Å². The van der Waals surface area contributed by atoms with Crippen LogP contribution in [0.5, 0.6) is 0 Å². The predicted molar refractivity (Wildman–Crippen MR) is 65.7 cm³/mol. The van der Waals surface area contributed by atoms with Gasteiger partial charge in [0.1, 0.15) is 0 Å². The van der Waals surface area contributed by atoms with E-state index in [4.69, 9.17) is 0 Å². The fraction of sp³-hybridized carbons (Fsp3) is 0.385. The van der Waals surface area contributed by atoms with Crippen LogP contribution in [-0.4, -0.2) is 18.5 Å². The van der Waals surface area contributed by atoms with Crippen LogP contribution in [0.25, 0.3) is 0 Å². The maximum absolute atomic E-state index is 12.2. The van der Waals surface area contributed by atoms with E-state index in [1.165, 1.54) is 4.90 Å². The highest BCUT2D eigenvalue weighted by atomic mass is 16.2. The zero-order chi connectivity index (χ0) is 12.3. The van der Waals surface area contributed by atoms with Crippen molar-refractivity contribution in [2.75, 3.05) is 11.4 Å². The Labute approximate surface area is 101 Å². The van der Waals surface area contributed by atoms with Gasteiger partial charge in [-0.15, -0.1) is 0 Å². The SMILES string of the molecule is CCCC1CNC(=O)N(c2ccccc2)C1=O. The number of para-hydroxylation sites is 1. The number of nitrogens with one attached hydrogen (secondary N) is 1. The smallest absolute Gasteiger partial charge is 0.328 e. The van der Waals surface area contributed by atoms with Crippen LogP contribution in [0.2, 0.25) is 0 Å². The van der Waals surface area contributed by atoms with E-state index in [0.29, 0.717) is 12.2 Å². The summed E-state index contributed by atoms with van der Waals surface area (Å²) in [7, 11) is 0. The molecule has 1 N–H and O–H groups in total. The number of amides is 3. The highest BCUT2D eigenvalue weighted by Crippen LogP contribution is 2.21. The Hall–Kier alpha value is -1.84. The third kappa shape index (κ3) is 2.30. The predicted octanol–water partition coefficient (Wildman–Crippen LogP) is 2.16. The van der Waals surface area contributed by atoms with Gasteiger partial charge >= 0.3 is 6.03 Å². The summed E-state index contributed by atoms with van der Waals surface area (Å²) in [5.41, 5.74) is 0.635. The zero-order valence-corrected chi connectivity index (χ0v) is 9.85. The minimum Gasteiger partial charge on any atom is -0.337 e. The lowest BCUT2D eigenvalue weighted by atomic mass is 10.00. The van der Waals surface area contributed by atoms with Crippen molar-refractivity contribution < 1.29 is 9.59 Å². The topological polar surface area (TPSA) is 49.4 Å². The number of rotatable bonds is 3. The molecule has 90 valence electrons. The molecule has 1 unspecified atom stereocenters. The second kappa shape index (κ2) is 4.99. The van der Waals surface area contributed by atoms with Gasteiger partial charge < -0.3 is 5.32 Å². The van der Waals surface area contributed by atoms with E-state index in [1.807, 2.05) is 25.1 Å². The van der Waals surface area contributed by atoms with Crippen LogP contribution in [0, 0.1) is 5.92 Å². The molecule has 1 fully saturated rings. The Morgan fingerprint density at radius 2 is 2.00 bits per heavy atom. The summed E-state index contributed by atoms with van der Waals surface area (Å²) in [4.78, 5) is 25.2. The molecule has 17 heavy (non-hydrogen) atoms. The molecule has 1 heterocycles. The first-order valence-electron chi connectivity index (χ1n) is 5.91. The maximum atomic E-state index is 12.2. The lowest BCUT2D eigenvalue weighted by molar-refractivity contribution is -0.122. The van der Waals surface area contributed by atoms with E-state index in [2.05, 4.69) is 5.32 Å². The summed E-state index contributed by atoms with van der Waals surface area (Å²) >= 11 is 0. The lowest BCUT2D eigenvalue weighted by Crippen LogP contribution is -2.55. The number of carbonyl (C=O) groups excluding carboxylic acids is 2. The highest BCUT2D eigenvalue weighted by Gasteiger charge is 2.34. The molecule has 0 spiro atoms. The van der Waals surface area contributed by atoms with Gasteiger partial charge in [-0.25, -0.2) is 9.69 Å². The van der Waals surface area contributed by atoms with Crippen LogP contribution in [-0.2, 0) is 4.79 Å². The van der Waals surface area contributed by atoms with Crippen molar-refractivity contribution >= 4 is 17.6 Å². The van der Waals surface area contributed by atoms with E-state index in [9.17, 15) is 9.59 Å². The van der Waals surface area contributed by atoms with Crippen molar-refractivity contribution in [3.63, 3.8) is 0 Å². The van der Waals surface area contributed by atoms with Crippen LogP contribution < -0.4 is 10.2 Å². The van der Waals surface area contributed by atoms with Crippen molar-refractivity contribution in [3.8, 4) is 0 Å². The molecule has 1 aliphatic heterocycles. The zero-order valence-electron chi connectivity index (χ0n) is 9.85. The van der Waals surface area contributed by atoms with Crippen LogP contribution in [0.1, 0.15) is 19.8 Å². The van der Waals surface area contributed by atoms with Gasteiger partial charge in [-0.05, 0) is 18.6 Å². The lowest BCUT2D eigenvalue weighted by Gasteiger charge is -2.31. The van der Waals surface area contributed by atoms with Gasteiger partial charge in [-0.1, -0.05) is 31.5 Å². The van der Waals surface area contributed by atoms with Crippen molar-refractivity contribution in [1.29, 1.82) is 0 Å². The first-order valence-corrected chi connectivity index (χ1v) is 5.91. The molecule has 0 radical (unpaired) electrons. The molecule has 4 nitrogen and oxygen atoms in total. The van der Waals surface area contributed by atoms with Gasteiger partial charge in [0, 0.05) is 6.54 Å². The molecule has 3 amide bonds. The number of urea groups is 1. The van der Waals surface area contributed by atoms with E-state index >= 15 is 0 Å². The normalized spacial score (nSPS) is 20.3. The van der Waals surface area contributed by atoms with Gasteiger partial charge in [0.25, 0.3) is 0 Å². The number of carbonyl (C=O) groups is 2. The molecule has 1 saturated heterocycles. The Balaban J connectivity index is 2.25. The van der Waals surface area contributed by atoms with E-state index < -0.39 is 0 Å². The number of hydrogen-bond donors (Lipinski definition) is 1. The molecule has 0 aromatic heterocycles. The first kappa shape index (κ1) is 11.6. The summed E-state index contributed by atoms with van der Waals surface area (Å²) in [6.07, 6.45) is 1.75. The van der Waals surface area contributed by atoms with Crippen LogP contribution in [0.15, 0.2) is 30.3 Å². The molecule has 4 heteroatoms. The average molecular weight is 232 g/mol. The first-order chi connectivity index (χ1) is 8.24. The van der Waals surface area contributed by atoms with Crippen LogP contribution >= 0.6 is 0 Å². The molecule has 0 aliphatic carbocycles. The maximum Gasteiger partial charge on any atom is 0.328 e. The van der Waals surface area contributed by atoms with E-state index in [-0.39, 0.29) is 17.9 Å². The van der Waals surface area contributed by atoms with Crippen molar-refractivity contribution in [1.82, 2.24) is 5.32 Å². The second-order valence-corrected chi connectivity index (χ2v) is 4.18. The Morgan fingerprint density at radius 1 is 1.29 bits per heavy atom. The van der Waals surface area contributed by atoms with Crippen LogP contribution in [0.4, 0.5) is 10.5 Å². The number of anilines is 1. The fourth-order valence-electron chi connectivity index (χ4n) is 2.06. The Bertz CT molecular complexity index is 417. The Morgan fingerprint density at radius 3 is 2.65 bits per heavy atom. The number of hydrogen-bond acceptors (Lipinski definition) is 2. The summed E-state index contributed by atoms with van der Waals surface area (Å²) in [6, 6.07) is 8.71. The van der Waals surface area contributed by atoms with Gasteiger partial charge in [0.05, 0.1) is 11.6 Å². The van der Waals surface area contributed by atoms with Crippen molar-refractivity contribution in [2.45, 2.75) is 19.8 Å². The largest absolute Gasteiger partial charge is 0.337 e. The van der Waals surface area contributed by atoms with Gasteiger partial charge in [-0.3, -0.25) is 4.79 Å². The highest BCUT2D eigenvalue weighted by molar-refractivity contribution is 6.16. The number of nitrogens with zero attached hydrogens (tertiary/aromatic N) is 1. The van der Waals surface area contributed by atoms with E-state index in [0.717, 1.165) is 12.8 Å². The average Bonchev–Trinajstić information content (AvgIpc) is 2.35. The standard InChI is InChI=1S/C13H16N2O2/c1-2-6-10-9-14-13(17)15(12(10)16)11-7-4-3-5-8-11/h3-5,7-8,10H,2,6,9H2,1H3,(H,14,17). The number of benzene rings is 1. The van der Waals surface area contributed by atoms with Gasteiger partial charge in [0.15, 0.2) is 0 Å². The molecule has 1 aromatic carbocycles. The summed E-state index contributed by atoms with van der Waals surface area (Å²) < 4.78 is 0. The monoisotopic (exact) mass is 232 g/mol. The molecular weight excluding hydrogens is 216 g/mol. The minimum absolute atomic E-state index is 0.0956. The molecule has 1 aliphatic rings. The summed E-state index contributed by atoms with van der Waals surface area (Å²) in [5, 5.41) is 2.76. The summed E-state index contributed by atoms with van der Waals surface area (Å²) in [5.74, 6) is -0.195. The van der Waals surface area contributed by atoms with Crippen molar-refractivity contribution in [2.24, 2.45) is 5.92 Å². The van der Waals surface area contributed by atoms with E-state index in [1.54, 1.807) is 12.1 Å². The third-order valence-corrected chi connectivity index (χ3v) is 2.92. The Kier molecular flexibility index (Phi) is 3.42.